The maximum absolute atomic E-state index is 10.6. The van der Waals surface area contributed by atoms with Crippen LogP contribution >= 0.6 is 0 Å². The van der Waals surface area contributed by atoms with Gasteiger partial charge in [-0.2, -0.15) is 0 Å². The Kier molecular flexibility index (Phi) is 4.99. The molecule has 106 valence electrons. The molecular formula is C14H23N3O2. The first-order chi connectivity index (χ1) is 9.13. The Bertz CT molecular complexity index is 417. The molecule has 1 aromatic heterocycles. The molecule has 1 aliphatic rings. The van der Waals surface area contributed by atoms with E-state index >= 15 is 0 Å². The van der Waals surface area contributed by atoms with Crippen LogP contribution in [0.25, 0.3) is 0 Å². The molecule has 5 heteroatoms. The molecule has 1 saturated heterocycles. The summed E-state index contributed by atoms with van der Waals surface area (Å²) < 4.78 is 2.08. The van der Waals surface area contributed by atoms with Gasteiger partial charge < -0.3 is 14.6 Å². The smallest absolute Gasteiger partial charge is 0.304 e. The van der Waals surface area contributed by atoms with Crippen LogP contribution in [0.3, 0.4) is 0 Å². The number of aryl methyl sites for hydroxylation is 1. The fraction of sp³-hybridized carbons (Fsp3) is 0.643. The standard InChI is InChI=1S/C14H23N3O2/c1-15-7-3-13(11-15)12-17-6-2-5-16(9-10-17)8-4-14(18)19/h3,7,11H,2,4-6,8-10,12H2,1H3,(H,18,19). The average molecular weight is 265 g/mol. The summed E-state index contributed by atoms with van der Waals surface area (Å²) in [6.45, 7) is 5.77. The summed E-state index contributed by atoms with van der Waals surface area (Å²) in [7, 11) is 2.04. The highest BCUT2D eigenvalue weighted by molar-refractivity contribution is 5.66. The van der Waals surface area contributed by atoms with Gasteiger partial charge in [-0.1, -0.05) is 0 Å². The molecular weight excluding hydrogens is 242 g/mol. The number of carbonyl (C=O) groups is 1. The highest BCUT2D eigenvalue weighted by atomic mass is 16.4. The van der Waals surface area contributed by atoms with Crippen LogP contribution < -0.4 is 0 Å². The molecule has 1 N–H and O–H groups in total. The molecule has 0 spiro atoms. The minimum atomic E-state index is -0.703. The summed E-state index contributed by atoms with van der Waals surface area (Å²) >= 11 is 0. The third-order valence-corrected chi connectivity index (χ3v) is 3.62. The van der Waals surface area contributed by atoms with Crippen molar-refractivity contribution in [1.82, 2.24) is 14.4 Å². The second-order valence-corrected chi connectivity index (χ2v) is 5.30. The number of hydrogen-bond donors (Lipinski definition) is 1. The van der Waals surface area contributed by atoms with E-state index in [0.717, 1.165) is 39.1 Å². The summed E-state index contributed by atoms with van der Waals surface area (Å²) in [5, 5.41) is 8.72. The van der Waals surface area contributed by atoms with Gasteiger partial charge in [0.1, 0.15) is 0 Å². The molecule has 1 fully saturated rings. The first kappa shape index (κ1) is 14.1. The monoisotopic (exact) mass is 265 g/mol. The first-order valence-electron chi connectivity index (χ1n) is 6.91. The first-order valence-corrected chi connectivity index (χ1v) is 6.91. The quantitative estimate of drug-likeness (QED) is 0.863. The number of aliphatic carboxylic acids is 1. The normalized spacial score (nSPS) is 18.4. The Morgan fingerprint density at radius 1 is 1.26 bits per heavy atom. The largest absolute Gasteiger partial charge is 0.481 e. The van der Waals surface area contributed by atoms with Gasteiger partial charge in [0.2, 0.25) is 0 Å². The lowest BCUT2D eigenvalue weighted by molar-refractivity contribution is -0.137. The number of carboxylic acids is 1. The van der Waals surface area contributed by atoms with E-state index in [9.17, 15) is 4.79 Å². The van der Waals surface area contributed by atoms with Crippen molar-refractivity contribution in [2.24, 2.45) is 7.05 Å². The number of nitrogens with zero attached hydrogens (tertiary/aromatic N) is 3. The van der Waals surface area contributed by atoms with Crippen molar-refractivity contribution in [2.45, 2.75) is 19.4 Å². The van der Waals surface area contributed by atoms with Crippen LogP contribution in [-0.4, -0.2) is 58.2 Å². The van der Waals surface area contributed by atoms with Gasteiger partial charge in [0.25, 0.3) is 0 Å². The van der Waals surface area contributed by atoms with Crippen LogP contribution in [0.2, 0.25) is 0 Å². The Labute approximate surface area is 114 Å². The zero-order valence-corrected chi connectivity index (χ0v) is 11.6. The summed E-state index contributed by atoms with van der Waals surface area (Å²) in [4.78, 5) is 15.3. The van der Waals surface area contributed by atoms with E-state index in [0.29, 0.717) is 6.54 Å². The summed E-state index contributed by atoms with van der Waals surface area (Å²) in [5.74, 6) is -0.703. The van der Waals surface area contributed by atoms with Gasteiger partial charge in [0.05, 0.1) is 6.42 Å². The highest BCUT2D eigenvalue weighted by Gasteiger charge is 2.15. The van der Waals surface area contributed by atoms with Crippen LogP contribution in [0.4, 0.5) is 0 Å². The third kappa shape index (κ3) is 4.69. The van der Waals surface area contributed by atoms with E-state index in [1.54, 1.807) is 0 Å². The second kappa shape index (κ2) is 6.73. The zero-order valence-electron chi connectivity index (χ0n) is 11.6. The van der Waals surface area contributed by atoms with Gasteiger partial charge in [-0.05, 0) is 31.1 Å². The van der Waals surface area contributed by atoms with Crippen molar-refractivity contribution in [1.29, 1.82) is 0 Å². The SMILES string of the molecule is Cn1ccc(CN2CCCN(CCC(=O)O)CC2)c1. The fourth-order valence-corrected chi connectivity index (χ4v) is 2.57. The van der Waals surface area contributed by atoms with E-state index in [2.05, 4.69) is 32.8 Å². The second-order valence-electron chi connectivity index (χ2n) is 5.30. The Hall–Kier alpha value is -1.33. The molecule has 1 aliphatic heterocycles. The lowest BCUT2D eigenvalue weighted by Crippen LogP contribution is -2.31. The Balaban J connectivity index is 1.78. The van der Waals surface area contributed by atoms with Gasteiger partial charge in [-0.3, -0.25) is 9.69 Å². The molecule has 0 aliphatic carbocycles. The van der Waals surface area contributed by atoms with E-state index in [1.807, 2.05) is 7.05 Å². The van der Waals surface area contributed by atoms with E-state index in [4.69, 9.17) is 5.11 Å². The van der Waals surface area contributed by atoms with Crippen molar-refractivity contribution in [3.05, 3.63) is 24.0 Å². The molecule has 2 heterocycles. The average Bonchev–Trinajstić information content (AvgIpc) is 2.63. The molecule has 0 bridgehead atoms. The minimum absolute atomic E-state index is 0.249. The number of hydrogen-bond acceptors (Lipinski definition) is 3. The van der Waals surface area contributed by atoms with E-state index < -0.39 is 5.97 Å². The zero-order chi connectivity index (χ0) is 13.7. The molecule has 5 nitrogen and oxygen atoms in total. The minimum Gasteiger partial charge on any atom is -0.481 e. The van der Waals surface area contributed by atoms with Crippen LogP contribution in [0.15, 0.2) is 18.5 Å². The van der Waals surface area contributed by atoms with Crippen molar-refractivity contribution >= 4 is 5.97 Å². The molecule has 0 saturated carbocycles. The number of aromatic nitrogens is 1. The number of rotatable bonds is 5. The molecule has 19 heavy (non-hydrogen) atoms. The lowest BCUT2D eigenvalue weighted by Gasteiger charge is -2.20. The van der Waals surface area contributed by atoms with Gasteiger partial charge >= 0.3 is 5.97 Å². The summed E-state index contributed by atoms with van der Waals surface area (Å²) in [6, 6.07) is 2.16. The summed E-state index contributed by atoms with van der Waals surface area (Å²) in [6.07, 6.45) is 5.60. The molecule has 0 aromatic carbocycles. The maximum Gasteiger partial charge on any atom is 0.304 e. The van der Waals surface area contributed by atoms with Crippen molar-refractivity contribution in [3.8, 4) is 0 Å². The fourth-order valence-electron chi connectivity index (χ4n) is 2.57. The lowest BCUT2D eigenvalue weighted by atomic mass is 10.3. The molecule has 0 atom stereocenters. The maximum atomic E-state index is 10.6. The molecule has 1 aromatic rings. The third-order valence-electron chi connectivity index (χ3n) is 3.62. The van der Waals surface area contributed by atoms with Crippen molar-refractivity contribution in [3.63, 3.8) is 0 Å². The van der Waals surface area contributed by atoms with Gasteiger partial charge in [-0.15, -0.1) is 0 Å². The van der Waals surface area contributed by atoms with Gasteiger partial charge in [0, 0.05) is 45.6 Å². The van der Waals surface area contributed by atoms with Crippen molar-refractivity contribution in [2.75, 3.05) is 32.7 Å². The topological polar surface area (TPSA) is 48.7 Å². The van der Waals surface area contributed by atoms with Crippen LogP contribution in [0.1, 0.15) is 18.4 Å². The molecule has 0 unspecified atom stereocenters. The van der Waals surface area contributed by atoms with Gasteiger partial charge in [-0.25, -0.2) is 0 Å². The molecule has 0 amide bonds. The van der Waals surface area contributed by atoms with Crippen LogP contribution in [0.5, 0.6) is 0 Å². The Morgan fingerprint density at radius 2 is 2.00 bits per heavy atom. The Morgan fingerprint density at radius 3 is 2.68 bits per heavy atom. The van der Waals surface area contributed by atoms with E-state index in [1.165, 1.54) is 5.56 Å². The number of carboxylic acid groups (broad SMARTS) is 1. The predicted molar refractivity (Wildman–Crippen MR) is 74.0 cm³/mol. The van der Waals surface area contributed by atoms with Crippen LogP contribution in [-0.2, 0) is 18.4 Å². The van der Waals surface area contributed by atoms with E-state index in [-0.39, 0.29) is 6.42 Å². The molecule has 0 radical (unpaired) electrons. The predicted octanol–water partition coefficient (Wildman–Crippen LogP) is 1.01. The summed E-state index contributed by atoms with van der Waals surface area (Å²) in [5.41, 5.74) is 1.35. The highest BCUT2D eigenvalue weighted by Crippen LogP contribution is 2.09. The van der Waals surface area contributed by atoms with Crippen molar-refractivity contribution < 1.29 is 9.90 Å². The van der Waals surface area contributed by atoms with Crippen LogP contribution in [0, 0.1) is 0 Å². The van der Waals surface area contributed by atoms with Gasteiger partial charge in [0.15, 0.2) is 0 Å². The molecule has 2 rings (SSSR count).